The maximum atomic E-state index is 4.28. The highest BCUT2D eigenvalue weighted by Crippen LogP contribution is 2.15. The van der Waals surface area contributed by atoms with Gasteiger partial charge in [-0.1, -0.05) is 18.2 Å². The fourth-order valence-corrected chi connectivity index (χ4v) is 3.54. The van der Waals surface area contributed by atoms with Crippen LogP contribution >= 0.6 is 11.8 Å². The summed E-state index contributed by atoms with van der Waals surface area (Å²) in [6, 6.07) is 10.5. The van der Waals surface area contributed by atoms with Gasteiger partial charge in [-0.25, -0.2) is 0 Å². The molecule has 0 spiro atoms. The van der Waals surface area contributed by atoms with Crippen molar-refractivity contribution in [3.05, 3.63) is 30.3 Å². The van der Waals surface area contributed by atoms with E-state index in [2.05, 4.69) is 50.9 Å². The van der Waals surface area contributed by atoms with Crippen LogP contribution < -0.4 is 10.6 Å². The fourth-order valence-electron chi connectivity index (χ4n) is 2.75. The lowest BCUT2D eigenvalue weighted by Crippen LogP contribution is -2.39. The number of guanidine groups is 1. The van der Waals surface area contributed by atoms with Gasteiger partial charge >= 0.3 is 0 Å². The Labute approximate surface area is 145 Å². The van der Waals surface area contributed by atoms with Crippen molar-refractivity contribution in [2.75, 3.05) is 45.5 Å². The van der Waals surface area contributed by atoms with Crippen LogP contribution in [0, 0.1) is 0 Å². The van der Waals surface area contributed by atoms with Crippen molar-refractivity contribution in [3.63, 3.8) is 0 Å². The molecule has 1 aliphatic rings. The number of rotatable bonds is 9. The number of hydrogen-bond donors (Lipinski definition) is 2. The minimum Gasteiger partial charge on any atom is -0.356 e. The molecular formula is C18H30N4S. The van der Waals surface area contributed by atoms with Gasteiger partial charge in [0.2, 0.25) is 0 Å². The van der Waals surface area contributed by atoms with Crippen LogP contribution in [0.1, 0.15) is 25.7 Å². The maximum absolute atomic E-state index is 4.28. The normalized spacial score (nSPS) is 15.8. The van der Waals surface area contributed by atoms with E-state index >= 15 is 0 Å². The molecule has 0 amide bonds. The van der Waals surface area contributed by atoms with Gasteiger partial charge in [0, 0.05) is 30.8 Å². The number of likely N-dealkylation sites (tertiary alicyclic amines) is 1. The SMILES string of the molecule is CN=C(NCCCCN1CCCC1)NCCSc1ccccc1. The number of nitrogens with zero attached hydrogens (tertiary/aromatic N) is 2. The fraction of sp³-hybridized carbons (Fsp3) is 0.611. The quantitative estimate of drug-likeness (QED) is 0.315. The number of nitrogens with one attached hydrogen (secondary N) is 2. The second kappa shape index (κ2) is 11.4. The smallest absolute Gasteiger partial charge is 0.191 e. The molecule has 0 unspecified atom stereocenters. The summed E-state index contributed by atoms with van der Waals surface area (Å²) < 4.78 is 0. The topological polar surface area (TPSA) is 39.7 Å². The van der Waals surface area contributed by atoms with Crippen LogP contribution in [-0.2, 0) is 0 Å². The molecule has 128 valence electrons. The van der Waals surface area contributed by atoms with Crippen LogP contribution in [0.2, 0.25) is 0 Å². The van der Waals surface area contributed by atoms with Gasteiger partial charge in [0.05, 0.1) is 0 Å². The van der Waals surface area contributed by atoms with Gasteiger partial charge in [-0.3, -0.25) is 4.99 Å². The van der Waals surface area contributed by atoms with Gasteiger partial charge in [0.1, 0.15) is 0 Å². The summed E-state index contributed by atoms with van der Waals surface area (Å²) in [5.74, 6) is 1.96. The van der Waals surface area contributed by atoms with E-state index in [-0.39, 0.29) is 0 Å². The van der Waals surface area contributed by atoms with Gasteiger partial charge < -0.3 is 15.5 Å². The Morgan fingerprint density at radius 3 is 2.57 bits per heavy atom. The first-order valence-electron chi connectivity index (χ1n) is 8.73. The van der Waals surface area contributed by atoms with Crippen molar-refractivity contribution in [1.29, 1.82) is 0 Å². The third kappa shape index (κ3) is 7.75. The second-order valence-corrected chi connectivity index (χ2v) is 7.01. The predicted molar refractivity (Wildman–Crippen MR) is 101 cm³/mol. The standard InChI is InChI=1S/C18H30N4S/c1-19-18(20-11-5-6-13-22-14-7-8-15-22)21-12-16-23-17-9-3-2-4-10-17/h2-4,9-10H,5-8,11-16H2,1H3,(H2,19,20,21). The number of benzene rings is 1. The highest BCUT2D eigenvalue weighted by atomic mass is 32.2. The van der Waals surface area contributed by atoms with Crippen LogP contribution in [0.4, 0.5) is 0 Å². The summed E-state index contributed by atoms with van der Waals surface area (Å²) >= 11 is 1.87. The molecule has 0 atom stereocenters. The van der Waals surface area contributed by atoms with Gasteiger partial charge in [-0.2, -0.15) is 0 Å². The van der Waals surface area contributed by atoms with Gasteiger partial charge in [-0.05, 0) is 57.5 Å². The number of hydrogen-bond acceptors (Lipinski definition) is 3. The van der Waals surface area contributed by atoms with E-state index in [9.17, 15) is 0 Å². The molecule has 0 saturated carbocycles. The highest BCUT2D eigenvalue weighted by molar-refractivity contribution is 7.99. The predicted octanol–water partition coefficient (Wildman–Crippen LogP) is 2.82. The van der Waals surface area contributed by atoms with Crippen molar-refractivity contribution in [1.82, 2.24) is 15.5 Å². The van der Waals surface area contributed by atoms with Gasteiger partial charge in [0.25, 0.3) is 0 Å². The Hall–Kier alpha value is -1.20. The lowest BCUT2D eigenvalue weighted by molar-refractivity contribution is 0.330. The van der Waals surface area contributed by atoms with Gasteiger partial charge in [-0.15, -0.1) is 11.8 Å². The third-order valence-electron chi connectivity index (χ3n) is 4.02. The molecule has 0 aromatic heterocycles. The summed E-state index contributed by atoms with van der Waals surface area (Å²) in [6.45, 7) is 5.78. The van der Waals surface area contributed by atoms with E-state index in [1.807, 2.05) is 18.8 Å². The minimum atomic E-state index is 0.917. The first-order chi connectivity index (χ1) is 11.4. The van der Waals surface area contributed by atoms with E-state index in [0.717, 1.165) is 24.8 Å². The average molecular weight is 335 g/mol. The summed E-state index contributed by atoms with van der Waals surface area (Å²) in [6.07, 6.45) is 5.25. The summed E-state index contributed by atoms with van der Waals surface area (Å²) in [4.78, 5) is 8.18. The Morgan fingerprint density at radius 1 is 1.09 bits per heavy atom. The minimum absolute atomic E-state index is 0.917. The van der Waals surface area contributed by atoms with E-state index in [4.69, 9.17) is 0 Å². The van der Waals surface area contributed by atoms with Crippen LogP contribution in [0.15, 0.2) is 40.2 Å². The lowest BCUT2D eigenvalue weighted by atomic mass is 10.3. The van der Waals surface area contributed by atoms with Crippen LogP contribution in [0.3, 0.4) is 0 Å². The summed E-state index contributed by atoms with van der Waals surface area (Å²) in [5, 5.41) is 6.78. The maximum Gasteiger partial charge on any atom is 0.191 e. The third-order valence-corrected chi connectivity index (χ3v) is 5.04. The first-order valence-corrected chi connectivity index (χ1v) is 9.72. The molecule has 1 aromatic rings. The molecule has 4 nitrogen and oxygen atoms in total. The summed E-state index contributed by atoms with van der Waals surface area (Å²) in [7, 11) is 1.84. The van der Waals surface area contributed by atoms with E-state index in [1.165, 1.54) is 50.2 Å². The molecular weight excluding hydrogens is 304 g/mol. The molecule has 1 saturated heterocycles. The zero-order chi connectivity index (χ0) is 16.2. The number of aliphatic imine (C=N–C) groups is 1. The van der Waals surface area contributed by atoms with Crippen molar-refractivity contribution < 1.29 is 0 Å². The van der Waals surface area contributed by atoms with Crippen LogP contribution in [0.5, 0.6) is 0 Å². The zero-order valence-electron chi connectivity index (χ0n) is 14.3. The van der Waals surface area contributed by atoms with Crippen LogP contribution in [-0.4, -0.2) is 56.4 Å². The van der Waals surface area contributed by atoms with Crippen molar-refractivity contribution in [2.24, 2.45) is 4.99 Å². The Balaban J connectivity index is 1.48. The molecule has 5 heteroatoms. The van der Waals surface area contributed by atoms with E-state index in [1.54, 1.807) is 0 Å². The van der Waals surface area contributed by atoms with Gasteiger partial charge in [0.15, 0.2) is 5.96 Å². The molecule has 1 aliphatic heterocycles. The average Bonchev–Trinajstić information content (AvgIpc) is 3.11. The highest BCUT2D eigenvalue weighted by Gasteiger charge is 2.09. The zero-order valence-corrected chi connectivity index (χ0v) is 15.1. The van der Waals surface area contributed by atoms with Crippen molar-refractivity contribution in [3.8, 4) is 0 Å². The largest absolute Gasteiger partial charge is 0.356 e. The molecule has 23 heavy (non-hydrogen) atoms. The van der Waals surface area contributed by atoms with E-state index in [0.29, 0.717) is 0 Å². The number of unbranched alkanes of at least 4 members (excludes halogenated alkanes) is 1. The molecule has 1 heterocycles. The molecule has 0 bridgehead atoms. The second-order valence-electron chi connectivity index (χ2n) is 5.84. The molecule has 2 rings (SSSR count). The molecule has 0 aliphatic carbocycles. The van der Waals surface area contributed by atoms with Crippen LogP contribution in [0.25, 0.3) is 0 Å². The Bertz CT molecular complexity index is 444. The van der Waals surface area contributed by atoms with Crippen molar-refractivity contribution >= 4 is 17.7 Å². The summed E-state index contributed by atoms with van der Waals surface area (Å²) in [5.41, 5.74) is 0. The first kappa shape index (κ1) is 18.1. The van der Waals surface area contributed by atoms with E-state index < -0.39 is 0 Å². The molecule has 1 aromatic carbocycles. The monoisotopic (exact) mass is 334 g/mol. The molecule has 1 fully saturated rings. The Kier molecular flexibility index (Phi) is 8.96. The molecule has 2 N–H and O–H groups in total. The lowest BCUT2D eigenvalue weighted by Gasteiger charge is -2.15. The number of thioether (sulfide) groups is 1. The van der Waals surface area contributed by atoms with Crippen molar-refractivity contribution in [2.45, 2.75) is 30.6 Å². The Morgan fingerprint density at radius 2 is 1.83 bits per heavy atom. The molecule has 0 radical (unpaired) electrons.